The summed E-state index contributed by atoms with van der Waals surface area (Å²) in [6.07, 6.45) is 2.10. The third-order valence-electron chi connectivity index (χ3n) is 4.79. The van der Waals surface area contributed by atoms with Crippen molar-refractivity contribution in [2.45, 2.75) is 25.2 Å². The van der Waals surface area contributed by atoms with Gasteiger partial charge in [0.2, 0.25) is 5.91 Å². The molecule has 28 heavy (non-hydrogen) atoms. The molecule has 0 radical (unpaired) electrons. The van der Waals surface area contributed by atoms with Gasteiger partial charge in [0.1, 0.15) is 0 Å². The second kappa shape index (κ2) is 6.76. The maximum absolute atomic E-state index is 13.4. The lowest BCUT2D eigenvalue weighted by molar-refractivity contribution is 0.0921. The molecule has 8 heteroatoms. The first-order valence-electron chi connectivity index (χ1n) is 8.76. The average Bonchev–Trinajstić information content (AvgIpc) is 3.00. The Balaban J connectivity index is 1.90. The molecule has 0 saturated heterocycles. The summed E-state index contributed by atoms with van der Waals surface area (Å²) in [4.78, 5) is 11.9. The fourth-order valence-corrected chi connectivity index (χ4v) is 4.96. The molecule has 0 amide bonds. The first-order valence-corrected chi connectivity index (χ1v) is 10.6. The van der Waals surface area contributed by atoms with Crippen molar-refractivity contribution >= 4 is 33.2 Å². The molecule has 0 saturated carbocycles. The molecule has 0 N–H and O–H groups in total. The van der Waals surface area contributed by atoms with Crippen molar-refractivity contribution in [1.82, 2.24) is 9.78 Å². The number of fused-ring (bicyclic) bond motifs is 3. The van der Waals surface area contributed by atoms with Gasteiger partial charge in [0, 0.05) is 35.8 Å². The molecule has 4 rings (SSSR count). The summed E-state index contributed by atoms with van der Waals surface area (Å²) >= 11 is 6.19. The van der Waals surface area contributed by atoms with Crippen LogP contribution in [0.4, 0.5) is 5.69 Å². The molecule has 0 unspecified atom stereocenters. The van der Waals surface area contributed by atoms with Crippen molar-refractivity contribution in [3.63, 3.8) is 0 Å². The fraction of sp³-hybridized carbons (Fsp3) is 0.200. The molecule has 1 aliphatic rings. The Morgan fingerprint density at radius 3 is 2.54 bits per heavy atom. The summed E-state index contributed by atoms with van der Waals surface area (Å²) in [5, 5.41) is 4.81. The molecule has 2 aromatic carbocycles. The van der Waals surface area contributed by atoms with Crippen molar-refractivity contribution in [2.24, 2.45) is 0 Å². The van der Waals surface area contributed by atoms with Gasteiger partial charge >= 0.3 is 0 Å². The highest BCUT2D eigenvalue weighted by atomic mass is 35.5. The Kier molecular flexibility index (Phi) is 4.51. The van der Waals surface area contributed by atoms with E-state index in [1.807, 2.05) is 6.92 Å². The number of rotatable bonds is 2. The zero-order valence-corrected chi connectivity index (χ0v) is 17.0. The number of halogens is 1. The lowest BCUT2D eigenvalue weighted by atomic mass is 10.1. The SMILES string of the molecule is CC(=O)n1cc2c(n1)-c1ccc(Cl)cc1N(S(=O)(=O)c1ccc(C)cc1)CC2. The Morgan fingerprint density at radius 1 is 1.14 bits per heavy atom. The van der Waals surface area contributed by atoms with Gasteiger partial charge in [-0.25, -0.2) is 13.1 Å². The molecule has 1 aromatic heterocycles. The van der Waals surface area contributed by atoms with Gasteiger partial charge < -0.3 is 0 Å². The lowest BCUT2D eigenvalue weighted by Gasteiger charge is -2.25. The van der Waals surface area contributed by atoms with Crippen LogP contribution in [0.5, 0.6) is 0 Å². The molecule has 3 aromatic rings. The average molecular weight is 416 g/mol. The van der Waals surface area contributed by atoms with Gasteiger partial charge in [-0.15, -0.1) is 0 Å². The van der Waals surface area contributed by atoms with Crippen molar-refractivity contribution in [2.75, 3.05) is 10.8 Å². The minimum absolute atomic E-state index is 0.201. The van der Waals surface area contributed by atoms with E-state index in [-0.39, 0.29) is 17.3 Å². The number of hydrogen-bond donors (Lipinski definition) is 0. The zero-order chi connectivity index (χ0) is 20.1. The summed E-state index contributed by atoms with van der Waals surface area (Å²) in [5.41, 5.74) is 3.49. The summed E-state index contributed by atoms with van der Waals surface area (Å²) in [6, 6.07) is 11.8. The van der Waals surface area contributed by atoms with Gasteiger partial charge in [0.05, 0.1) is 16.3 Å². The van der Waals surface area contributed by atoms with Crippen LogP contribution in [-0.2, 0) is 16.4 Å². The topological polar surface area (TPSA) is 72.3 Å². The van der Waals surface area contributed by atoms with Crippen LogP contribution in [0.25, 0.3) is 11.3 Å². The Labute approximate surface area is 168 Å². The summed E-state index contributed by atoms with van der Waals surface area (Å²) in [5.74, 6) is -0.201. The van der Waals surface area contributed by atoms with Crippen molar-refractivity contribution < 1.29 is 13.2 Å². The molecule has 0 aliphatic carbocycles. The first-order chi connectivity index (χ1) is 13.3. The first kappa shape index (κ1) is 18.7. The smallest absolute Gasteiger partial charge is 0.264 e. The highest BCUT2D eigenvalue weighted by molar-refractivity contribution is 7.92. The number of benzene rings is 2. The second-order valence-corrected chi connectivity index (χ2v) is 9.07. The maximum Gasteiger partial charge on any atom is 0.264 e. The van der Waals surface area contributed by atoms with Gasteiger partial charge in [-0.1, -0.05) is 29.3 Å². The van der Waals surface area contributed by atoms with Crippen LogP contribution in [-0.4, -0.2) is 30.7 Å². The third kappa shape index (κ3) is 3.10. The zero-order valence-electron chi connectivity index (χ0n) is 15.4. The van der Waals surface area contributed by atoms with E-state index in [1.165, 1.54) is 15.9 Å². The quantitative estimate of drug-likeness (QED) is 0.635. The molecular formula is C20H18ClN3O3S. The fourth-order valence-electron chi connectivity index (χ4n) is 3.32. The summed E-state index contributed by atoms with van der Waals surface area (Å²) in [6.45, 7) is 3.56. The number of nitrogens with zero attached hydrogens (tertiary/aromatic N) is 3. The highest BCUT2D eigenvalue weighted by Gasteiger charge is 2.31. The minimum Gasteiger partial charge on any atom is -0.273 e. The molecule has 1 aliphatic heterocycles. The van der Waals surface area contributed by atoms with E-state index < -0.39 is 10.0 Å². The Hall–Kier alpha value is -2.64. The Bertz CT molecular complexity index is 1180. The number of anilines is 1. The van der Waals surface area contributed by atoms with Crippen LogP contribution in [0.1, 0.15) is 22.8 Å². The van der Waals surface area contributed by atoms with Crippen molar-refractivity contribution in [3.05, 3.63) is 64.8 Å². The number of aromatic nitrogens is 2. The minimum atomic E-state index is -3.78. The maximum atomic E-state index is 13.4. The van der Waals surface area contributed by atoms with Crippen LogP contribution in [0, 0.1) is 6.92 Å². The van der Waals surface area contributed by atoms with E-state index in [9.17, 15) is 13.2 Å². The molecule has 0 fully saturated rings. The van der Waals surface area contributed by atoms with Crippen LogP contribution in [0.3, 0.4) is 0 Å². The molecular weight excluding hydrogens is 398 g/mol. The third-order valence-corrected chi connectivity index (χ3v) is 6.85. The van der Waals surface area contributed by atoms with Gasteiger partial charge in [-0.2, -0.15) is 5.10 Å². The van der Waals surface area contributed by atoms with E-state index in [2.05, 4.69) is 5.10 Å². The summed E-state index contributed by atoms with van der Waals surface area (Å²) in [7, 11) is -3.78. The van der Waals surface area contributed by atoms with Gasteiger partial charge in [0.25, 0.3) is 10.0 Å². The van der Waals surface area contributed by atoms with Crippen LogP contribution < -0.4 is 4.31 Å². The normalized spacial score (nSPS) is 13.6. The molecule has 0 spiro atoms. The predicted molar refractivity (Wildman–Crippen MR) is 108 cm³/mol. The van der Waals surface area contributed by atoms with Crippen LogP contribution in [0.15, 0.2) is 53.6 Å². The van der Waals surface area contributed by atoms with E-state index >= 15 is 0 Å². The van der Waals surface area contributed by atoms with Crippen LogP contribution >= 0.6 is 11.6 Å². The van der Waals surface area contributed by atoms with Gasteiger partial charge in [-0.05, 0) is 43.7 Å². The molecule has 2 heterocycles. The van der Waals surface area contributed by atoms with Gasteiger partial charge in [-0.3, -0.25) is 9.10 Å². The number of carbonyl (C=O) groups is 1. The molecule has 144 valence electrons. The number of sulfonamides is 1. The van der Waals surface area contributed by atoms with Crippen LogP contribution in [0.2, 0.25) is 5.02 Å². The number of carbonyl (C=O) groups excluding carboxylic acids is 1. The van der Waals surface area contributed by atoms with Crippen molar-refractivity contribution in [1.29, 1.82) is 0 Å². The monoisotopic (exact) mass is 415 g/mol. The predicted octanol–water partition coefficient (Wildman–Crippen LogP) is 3.92. The highest BCUT2D eigenvalue weighted by Crippen LogP contribution is 2.39. The Morgan fingerprint density at radius 2 is 1.86 bits per heavy atom. The molecule has 0 bridgehead atoms. The molecule has 6 nitrogen and oxygen atoms in total. The second-order valence-electron chi connectivity index (χ2n) is 6.77. The lowest BCUT2D eigenvalue weighted by Crippen LogP contribution is -2.32. The largest absolute Gasteiger partial charge is 0.273 e. The van der Waals surface area contributed by atoms with Crippen molar-refractivity contribution in [3.8, 4) is 11.3 Å². The van der Waals surface area contributed by atoms with Gasteiger partial charge in [0.15, 0.2) is 0 Å². The summed E-state index contributed by atoms with van der Waals surface area (Å²) < 4.78 is 29.4. The number of hydrogen-bond acceptors (Lipinski definition) is 4. The molecule has 0 atom stereocenters. The van der Waals surface area contributed by atoms with E-state index in [0.717, 1.165) is 11.1 Å². The van der Waals surface area contributed by atoms with E-state index in [4.69, 9.17) is 11.6 Å². The van der Waals surface area contributed by atoms with E-state index in [0.29, 0.717) is 28.4 Å². The number of aryl methyl sites for hydroxylation is 1. The van der Waals surface area contributed by atoms with E-state index in [1.54, 1.807) is 48.7 Å². The standard InChI is InChI=1S/C20H18ClN3O3S/c1-13-3-6-17(7-4-13)28(26,27)24-10-9-15-12-23(14(2)25)22-20(15)18-8-5-16(21)11-19(18)24/h3-8,11-12H,9-10H2,1-2H3.